The summed E-state index contributed by atoms with van der Waals surface area (Å²) in [7, 11) is 0. The number of ketones is 1. The lowest BCUT2D eigenvalue weighted by Crippen LogP contribution is -2.36. The standard InChI is InChI=1S/C19H20O/c20-18-14-8-3-9-15-19(18,16-10-4-1-5-11-16)17-12-6-2-7-13-17/h1-2,4-7,10-13H,3,8-9,14-15H2. The molecule has 2 aromatic carbocycles. The third-order valence-electron chi connectivity index (χ3n) is 4.46. The Bertz CT molecular complexity index is 532. The van der Waals surface area contributed by atoms with Gasteiger partial charge in [0.1, 0.15) is 5.78 Å². The molecule has 0 aliphatic heterocycles. The van der Waals surface area contributed by atoms with Crippen LogP contribution in [0.15, 0.2) is 60.7 Å². The third kappa shape index (κ3) is 2.18. The van der Waals surface area contributed by atoms with Crippen LogP contribution in [0, 0.1) is 0 Å². The van der Waals surface area contributed by atoms with E-state index in [-0.39, 0.29) is 0 Å². The Kier molecular flexibility index (Phi) is 3.68. The van der Waals surface area contributed by atoms with Crippen LogP contribution in [0.5, 0.6) is 0 Å². The highest BCUT2D eigenvalue weighted by atomic mass is 16.1. The lowest BCUT2D eigenvalue weighted by Gasteiger charge is -2.32. The first kappa shape index (κ1) is 13.1. The summed E-state index contributed by atoms with van der Waals surface area (Å²) in [5.74, 6) is 0.382. The van der Waals surface area contributed by atoms with Crippen LogP contribution in [0.3, 0.4) is 0 Å². The maximum atomic E-state index is 12.9. The second-order valence-corrected chi connectivity index (χ2v) is 5.62. The Morgan fingerprint density at radius 2 is 1.25 bits per heavy atom. The van der Waals surface area contributed by atoms with E-state index in [4.69, 9.17) is 0 Å². The molecule has 1 aliphatic carbocycles. The summed E-state index contributed by atoms with van der Waals surface area (Å²) in [6, 6.07) is 20.6. The zero-order valence-electron chi connectivity index (χ0n) is 11.7. The molecule has 0 N–H and O–H groups in total. The molecular formula is C19H20O. The molecule has 0 radical (unpaired) electrons. The van der Waals surface area contributed by atoms with Gasteiger partial charge in [-0.3, -0.25) is 4.79 Å². The average Bonchev–Trinajstić information content (AvgIpc) is 2.72. The van der Waals surface area contributed by atoms with Gasteiger partial charge >= 0.3 is 0 Å². The Hall–Kier alpha value is -1.89. The van der Waals surface area contributed by atoms with Crippen molar-refractivity contribution in [3.63, 3.8) is 0 Å². The third-order valence-corrected chi connectivity index (χ3v) is 4.46. The van der Waals surface area contributed by atoms with E-state index in [9.17, 15) is 4.79 Å². The molecule has 0 atom stereocenters. The van der Waals surface area contributed by atoms with Gasteiger partial charge in [0, 0.05) is 6.42 Å². The van der Waals surface area contributed by atoms with Gasteiger partial charge in [0.05, 0.1) is 5.41 Å². The van der Waals surface area contributed by atoms with E-state index < -0.39 is 5.41 Å². The van der Waals surface area contributed by atoms with Crippen molar-refractivity contribution < 1.29 is 4.79 Å². The van der Waals surface area contributed by atoms with Gasteiger partial charge in [-0.05, 0) is 24.0 Å². The van der Waals surface area contributed by atoms with Crippen LogP contribution in [-0.4, -0.2) is 5.78 Å². The Labute approximate surface area is 120 Å². The molecule has 102 valence electrons. The topological polar surface area (TPSA) is 17.1 Å². The van der Waals surface area contributed by atoms with Crippen LogP contribution in [0.25, 0.3) is 0 Å². The predicted octanol–water partition coefficient (Wildman–Crippen LogP) is 4.51. The minimum Gasteiger partial charge on any atom is -0.298 e. The van der Waals surface area contributed by atoms with Crippen molar-refractivity contribution in [2.24, 2.45) is 0 Å². The summed E-state index contributed by atoms with van der Waals surface area (Å²) in [5, 5.41) is 0. The Balaban J connectivity index is 2.19. The SMILES string of the molecule is O=C1CCCCCC1(c1ccccc1)c1ccccc1. The van der Waals surface area contributed by atoms with E-state index >= 15 is 0 Å². The monoisotopic (exact) mass is 264 g/mol. The van der Waals surface area contributed by atoms with E-state index in [1.165, 1.54) is 0 Å². The predicted molar refractivity (Wildman–Crippen MR) is 81.8 cm³/mol. The number of carbonyl (C=O) groups is 1. The molecule has 0 saturated heterocycles. The average molecular weight is 264 g/mol. The number of rotatable bonds is 2. The van der Waals surface area contributed by atoms with Crippen molar-refractivity contribution in [1.82, 2.24) is 0 Å². The van der Waals surface area contributed by atoms with E-state index in [1.807, 2.05) is 36.4 Å². The van der Waals surface area contributed by atoms with Crippen LogP contribution < -0.4 is 0 Å². The van der Waals surface area contributed by atoms with Crippen molar-refractivity contribution in [3.05, 3.63) is 71.8 Å². The molecule has 0 unspecified atom stereocenters. The van der Waals surface area contributed by atoms with Crippen LogP contribution in [0.4, 0.5) is 0 Å². The maximum absolute atomic E-state index is 12.9. The zero-order chi connectivity index (χ0) is 13.8. The fourth-order valence-electron chi connectivity index (χ4n) is 3.43. The maximum Gasteiger partial charge on any atom is 0.147 e. The van der Waals surface area contributed by atoms with Gasteiger partial charge in [-0.25, -0.2) is 0 Å². The lowest BCUT2D eigenvalue weighted by atomic mass is 9.68. The quantitative estimate of drug-likeness (QED) is 0.730. The van der Waals surface area contributed by atoms with Crippen LogP contribution in [0.2, 0.25) is 0 Å². The van der Waals surface area contributed by atoms with Gasteiger partial charge in [-0.15, -0.1) is 0 Å². The molecule has 20 heavy (non-hydrogen) atoms. The van der Waals surface area contributed by atoms with Crippen molar-refractivity contribution in [3.8, 4) is 0 Å². The molecular weight excluding hydrogens is 244 g/mol. The van der Waals surface area contributed by atoms with Crippen molar-refractivity contribution >= 4 is 5.78 Å². The molecule has 0 aromatic heterocycles. The Morgan fingerprint density at radius 1 is 0.700 bits per heavy atom. The first-order valence-electron chi connectivity index (χ1n) is 7.48. The molecule has 2 aromatic rings. The van der Waals surface area contributed by atoms with E-state index in [0.29, 0.717) is 12.2 Å². The molecule has 0 bridgehead atoms. The minimum atomic E-state index is -0.432. The Morgan fingerprint density at radius 3 is 1.80 bits per heavy atom. The second kappa shape index (κ2) is 5.62. The highest BCUT2D eigenvalue weighted by Crippen LogP contribution is 2.41. The normalized spacial score (nSPS) is 18.5. The molecule has 3 rings (SSSR count). The number of Topliss-reactive ketones (excluding diaryl/α,β-unsaturated/α-hetero) is 1. The van der Waals surface area contributed by atoms with Crippen LogP contribution >= 0.6 is 0 Å². The molecule has 0 spiro atoms. The zero-order valence-corrected chi connectivity index (χ0v) is 11.7. The first-order chi connectivity index (χ1) is 9.84. The van der Waals surface area contributed by atoms with Crippen molar-refractivity contribution in [2.75, 3.05) is 0 Å². The summed E-state index contributed by atoms with van der Waals surface area (Å²) < 4.78 is 0. The summed E-state index contributed by atoms with van der Waals surface area (Å²) >= 11 is 0. The lowest BCUT2D eigenvalue weighted by molar-refractivity contribution is -0.123. The molecule has 1 heteroatoms. The van der Waals surface area contributed by atoms with E-state index in [2.05, 4.69) is 24.3 Å². The van der Waals surface area contributed by atoms with Gasteiger partial charge in [0.25, 0.3) is 0 Å². The fourth-order valence-corrected chi connectivity index (χ4v) is 3.43. The van der Waals surface area contributed by atoms with Crippen molar-refractivity contribution in [2.45, 2.75) is 37.5 Å². The molecule has 1 fully saturated rings. The molecule has 1 aliphatic rings. The largest absolute Gasteiger partial charge is 0.298 e. The molecule has 0 heterocycles. The van der Waals surface area contributed by atoms with Crippen molar-refractivity contribution in [1.29, 1.82) is 0 Å². The van der Waals surface area contributed by atoms with Gasteiger partial charge in [0.15, 0.2) is 0 Å². The minimum absolute atomic E-state index is 0.382. The summed E-state index contributed by atoms with van der Waals surface area (Å²) in [5.41, 5.74) is 1.87. The molecule has 1 saturated carbocycles. The highest BCUT2D eigenvalue weighted by molar-refractivity contribution is 5.94. The van der Waals surface area contributed by atoms with Gasteiger partial charge in [0.2, 0.25) is 0 Å². The number of hydrogen-bond acceptors (Lipinski definition) is 1. The first-order valence-corrected chi connectivity index (χ1v) is 7.48. The summed E-state index contributed by atoms with van der Waals surface area (Å²) in [6.07, 6.45) is 4.94. The molecule has 1 nitrogen and oxygen atoms in total. The van der Waals surface area contributed by atoms with Crippen LogP contribution in [0.1, 0.15) is 43.2 Å². The van der Waals surface area contributed by atoms with Gasteiger partial charge < -0.3 is 0 Å². The van der Waals surface area contributed by atoms with E-state index in [0.717, 1.165) is 36.8 Å². The second-order valence-electron chi connectivity index (χ2n) is 5.62. The highest BCUT2D eigenvalue weighted by Gasteiger charge is 2.41. The van der Waals surface area contributed by atoms with Crippen LogP contribution in [-0.2, 0) is 10.2 Å². The van der Waals surface area contributed by atoms with E-state index in [1.54, 1.807) is 0 Å². The van der Waals surface area contributed by atoms with Gasteiger partial charge in [-0.1, -0.05) is 73.5 Å². The molecule has 0 amide bonds. The summed E-state index contributed by atoms with van der Waals surface area (Å²) in [4.78, 5) is 12.9. The number of hydrogen-bond donors (Lipinski definition) is 0. The number of benzene rings is 2. The van der Waals surface area contributed by atoms with Gasteiger partial charge in [-0.2, -0.15) is 0 Å². The smallest absolute Gasteiger partial charge is 0.147 e. The fraction of sp³-hybridized carbons (Fsp3) is 0.316. The number of carbonyl (C=O) groups excluding carboxylic acids is 1. The summed E-state index contributed by atoms with van der Waals surface area (Å²) in [6.45, 7) is 0.